The van der Waals surface area contributed by atoms with Crippen molar-refractivity contribution in [3.8, 4) is 0 Å². The first-order chi connectivity index (χ1) is 12.9. The maximum atomic E-state index is 12.5. The maximum Gasteiger partial charge on any atom is 0.318 e. The fraction of sp³-hybridized carbons (Fsp3) is 0.368. The van der Waals surface area contributed by atoms with E-state index in [2.05, 4.69) is 5.32 Å². The van der Waals surface area contributed by atoms with Crippen molar-refractivity contribution in [2.24, 2.45) is 0 Å². The molecule has 0 aliphatic carbocycles. The highest BCUT2D eigenvalue weighted by Gasteiger charge is 2.25. The molecule has 2 aromatic rings. The van der Waals surface area contributed by atoms with Gasteiger partial charge in [-0.3, -0.25) is 4.79 Å². The van der Waals surface area contributed by atoms with Crippen molar-refractivity contribution in [2.45, 2.75) is 19.4 Å². The SMILES string of the molecule is CC(NC(=O)N1CCN(C(=O)Cc2ccc(Cl)cc2)CC1)c1ccc(Cl)s1. The first kappa shape index (κ1) is 20.0. The van der Waals surface area contributed by atoms with Gasteiger partial charge < -0.3 is 15.1 Å². The molecule has 0 bridgehead atoms. The predicted octanol–water partition coefficient (Wildman–Crippen LogP) is 4.21. The minimum atomic E-state index is -0.114. The van der Waals surface area contributed by atoms with Gasteiger partial charge in [0.1, 0.15) is 0 Å². The molecule has 0 spiro atoms. The van der Waals surface area contributed by atoms with Crippen molar-refractivity contribution < 1.29 is 9.59 Å². The van der Waals surface area contributed by atoms with E-state index in [0.717, 1.165) is 10.4 Å². The van der Waals surface area contributed by atoms with Crippen LogP contribution in [-0.4, -0.2) is 47.9 Å². The van der Waals surface area contributed by atoms with E-state index in [4.69, 9.17) is 23.2 Å². The summed E-state index contributed by atoms with van der Waals surface area (Å²) < 4.78 is 0.707. The van der Waals surface area contributed by atoms with Crippen LogP contribution >= 0.6 is 34.5 Å². The number of piperazine rings is 1. The summed E-state index contributed by atoms with van der Waals surface area (Å²) in [7, 11) is 0. The quantitative estimate of drug-likeness (QED) is 0.797. The van der Waals surface area contributed by atoms with Gasteiger partial charge in [-0.1, -0.05) is 35.3 Å². The van der Waals surface area contributed by atoms with Crippen LogP contribution < -0.4 is 5.32 Å². The van der Waals surface area contributed by atoms with E-state index in [1.54, 1.807) is 21.9 Å². The molecule has 1 unspecified atom stereocenters. The van der Waals surface area contributed by atoms with Crippen molar-refractivity contribution in [1.29, 1.82) is 0 Å². The molecule has 1 atom stereocenters. The first-order valence-electron chi connectivity index (χ1n) is 8.75. The molecule has 1 aliphatic rings. The van der Waals surface area contributed by atoms with E-state index in [1.165, 1.54) is 11.3 Å². The molecule has 1 saturated heterocycles. The third-order valence-electron chi connectivity index (χ3n) is 4.55. The van der Waals surface area contributed by atoms with Crippen LogP contribution in [0.25, 0.3) is 0 Å². The Bertz CT molecular complexity index is 802. The fourth-order valence-corrected chi connectivity index (χ4v) is 4.15. The average molecular weight is 426 g/mol. The van der Waals surface area contributed by atoms with Crippen molar-refractivity contribution >= 4 is 46.5 Å². The van der Waals surface area contributed by atoms with Gasteiger partial charge >= 0.3 is 6.03 Å². The summed E-state index contributed by atoms with van der Waals surface area (Å²) in [5.41, 5.74) is 0.938. The lowest BCUT2D eigenvalue weighted by molar-refractivity contribution is -0.131. The Morgan fingerprint density at radius 1 is 1.04 bits per heavy atom. The summed E-state index contributed by atoms with van der Waals surface area (Å²) in [5.74, 6) is 0.0685. The molecule has 3 amide bonds. The lowest BCUT2D eigenvalue weighted by atomic mass is 10.1. The summed E-state index contributed by atoms with van der Waals surface area (Å²) in [6.45, 7) is 4.07. The predicted molar refractivity (Wildman–Crippen MR) is 110 cm³/mol. The first-order valence-corrected chi connectivity index (χ1v) is 10.3. The summed E-state index contributed by atoms with van der Waals surface area (Å²) in [4.78, 5) is 29.5. The van der Waals surface area contributed by atoms with E-state index in [0.29, 0.717) is 42.0 Å². The smallest absolute Gasteiger partial charge is 0.318 e. The van der Waals surface area contributed by atoms with E-state index in [1.807, 2.05) is 31.2 Å². The maximum absolute atomic E-state index is 12.5. The van der Waals surface area contributed by atoms with Gasteiger partial charge in [-0.15, -0.1) is 11.3 Å². The van der Waals surface area contributed by atoms with Crippen LogP contribution in [0.2, 0.25) is 9.36 Å². The largest absolute Gasteiger partial charge is 0.339 e. The molecule has 0 radical (unpaired) electrons. The Labute approximate surface area is 172 Å². The fourth-order valence-electron chi connectivity index (χ4n) is 2.96. The highest BCUT2D eigenvalue weighted by atomic mass is 35.5. The molecular weight excluding hydrogens is 405 g/mol. The van der Waals surface area contributed by atoms with Crippen LogP contribution in [0.15, 0.2) is 36.4 Å². The Kier molecular flexibility index (Phi) is 6.63. The molecule has 144 valence electrons. The lowest BCUT2D eigenvalue weighted by Crippen LogP contribution is -2.53. The minimum Gasteiger partial charge on any atom is -0.339 e. The summed E-state index contributed by atoms with van der Waals surface area (Å²) >= 11 is 13.3. The standard InChI is InChI=1S/C19H21Cl2N3O2S/c1-13(16-6-7-17(21)27-16)22-19(26)24-10-8-23(9-11-24)18(25)12-14-2-4-15(20)5-3-14/h2-7,13H,8-12H2,1H3,(H,22,26). The number of nitrogens with zero attached hydrogens (tertiary/aromatic N) is 2. The molecule has 1 N–H and O–H groups in total. The van der Waals surface area contributed by atoms with E-state index in [-0.39, 0.29) is 18.0 Å². The molecule has 8 heteroatoms. The van der Waals surface area contributed by atoms with E-state index < -0.39 is 0 Å². The number of rotatable bonds is 4. The molecular formula is C19H21Cl2N3O2S. The number of nitrogens with one attached hydrogen (secondary N) is 1. The topological polar surface area (TPSA) is 52.7 Å². The molecule has 1 aromatic heterocycles. The molecule has 1 fully saturated rings. The summed E-state index contributed by atoms with van der Waals surface area (Å²) in [6.07, 6.45) is 0.347. The van der Waals surface area contributed by atoms with E-state index in [9.17, 15) is 9.59 Å². The number of urea groups is 1. The second-order valence-corrected chi connectivity index (χ2v) is 8.67. The zero-order valence-corrected chi connectivity index (χ0v) is 17.3. The number of carbonyl (C=O) groups is 2. The van der Waals surface area contributed by atoms with Gasteiger partial charge in [-0.05, 0) is 36.8 Å². The van der Waals surface area contributed by atoms with Crippen molar-refractivity contribution in [3.63, 3.8) is 0 Å². The van der Waals surface area contributed by atoms with E-state index >= 15 is 0 Å². The van der Waals surface area contributed by atoms with Crippen LogP contribution in [-0.2, 0) is 11.2 Å². The summed E-state index contributed by atoms with van der Waals surface area (Å²) in [5, 5.41) is 3.65. The lowest BCUT2D eigenvalue weighted by Gasteiger charge is -2.35. The molecule has 5 nitrogen and oxygen atoms in total. The van der Waals surface area contributed by atoms with Crippen LogP contribution in [0.5, 0.6) is 0 Å². The van der Waals surface area contributed by atoms with Gasteiger partial charge in [-0.2, -0.15) is 0 Å². The minimum absolute atomic E-state index is 0.0685. The average Bonchev–Trinajstić information content (AvgIpc) is 3.10. The van der Waals surface area contributed by atoms with Crippen molar-refractivity contribution in [3.05, 3.63) is 56.2 Å². The number of amides is 3. The molecule has 1 aliphatic heterocycles. The van der Waals surface area contributed by atoms with Gasteiger partial charge in [0.05, 0.1) is 16.8 Å². The number of hydrogen-bond acceptors (Lipinski definition) is 3. The number of halogens is 2. The molecule has 2 heterocycles. The Hall–Kier alpha value is -1.76. The zero-order chi connectivity index (χ0) is 19.4. The van der Waals surface area contributed by atoms with Gasteiger partial charge in [0.15, 0.2) is 0 Å². The Morgan fingerprint density at radius 2 is 1.67 bits per heavy atom. The zero-order valence-electron chi connectivity index (χ0n) is 15.0. The molecule has 3 rings (SSSR count). The second-order valence-electron chi connectivity index (χ2n) is 6.48. The Morgan fingerprint density at radius 3 is 2.26 bits per heavy atom. The van der Waals surface area contributed by atoms with Crippen LogP contribution in [0.1, 0.15) is 23.4 Å². The number of carbonyl (C=O) groups excluding carboxylic acids is 2. The highest BCUT2D eigenvalue weighted by Crippen LogP contribution is 2.26. The summed E-state index contributed by atoms with van der Waals surface area (Å²) in [6, 6.07) is 10.8. The number of benzene rings is 1. The van der Waals surface area contributed by atoms with Crippen LogP contribution in [0.3, 0.4) is 0 Å². The molecule has 27 heavy (non-hydrogen) atoms. The van der Waals surface area contributed by atoms with Gasteiger partial charge in [0.2, 0.25) is 5.91 Å². The molecule has 0 saturated carbocycles. The third-order valence-corrected chi connectivity index (χ3v) is 6.21. The third kappa shape index (κ3) is 5.37. The highest BCUT2D eigenvalue weighted by molar-refractivity contribution is 7.16. The normalized spacial score (nSPS) is 15.5. The van der Waals surface area contributed by atoms with Gasteiger partial charge in [-0.25, -0.2) is 4.79 Å². The van der Waals surface area contributed by atoms with Crippen molar-refractivity contribution in [2.75, 3.05) is 26.2 Å². The van der Waals surface area contributed by atoms with Crippen LogP contribution in [0.4, 0.5) is 4.79 Å². The number of hydrogen-bond donors (Lipinski definition) is 1. The van der Waals surface area contributed by atoms with Gasteiger partial charge in [0, 0.05) is 36.1 Å². The monoisotopic (exact) mass is 425 g/mol. The number of thiophene rings is 1. The molecule has 1 aromatic carbocycles. The van der Waals surface area contributed by atoms with Crippen LogP contribution in [0, 0.1) is 0 Å². The second kappa shape index (κ2) is 8.95. The Balaban J connectivity index is 1.47. The van der Waals surface area contributed by atoms with Crippen molar-refractivity contribution in [1.82, 2.24) is 15.1 Å². The van der Waals surface area contributed by atoms with Gasteiger partial charge in [0.25, 0.3) is 0 Å².